The number of carbonyl (C=O) groups is 3. The van der Waals surface area contributed by atoms with Gasteiger partial charge in [-0.2, -0.15) is 18.2 Å². The second-order valence-electron chi connectivity index (χ2n) is 9.70. The highest BCUT2D eigenvalue weighted by atomic mass is 19.4. The van der Waals surface area contributed by atoms with Crippen LogP contribution in [0.4, 0.5) is 19.1 Å². The van der Waals surface area contributed by atoms with Gasteiger partial charge in [-0.05, 0) is 35.2 Å². The summed E-state index contributed by atoms with van der Waals surface area (Å²) in [5.74, 6) is -3.63. The first kappa shape index (κ1) is 35.5. The summed E-state index contributed by atoms with van der Waals surface area (Å²) in [5.41, 5.74) is 14.2. The third-order valence-corrected chi connectivity index (χ3v) is 6.26. The van der Waals surface area contributed by atoms with Gasteiger partial charge < -0.3 is 36.3 Å². The number of benzene rings is 3. The quantitative estimate of drug-likeness (QED) is 0.139. The Morgan fingerprint density at radius 2 is 1.45 bits per heavy atom. The molecule has 3 aromatic carbocycles. The molecular weight excluding hydrogens is 625 g/mol. The third kappa shape index (κ3) is 10.9. The second-order valence-corrected chi connectivity index (χ2v) is 9.70. The Morgan fingerprint density at radius 1 is 0.851 bits per heavy atom. The molecule has 4 aromatic rings. The van der Waals surface area contributed by atoms with Crippen molar-refractivity contribution in [2.24, 2.45) is 5.73 Å². The fourth-order valence-corrected chi connectivity index (χ4v) is 4.04. The first-order valence-electron chi connectivity index (χ1n) is 13.5. The number of anilines is 1. The molecule has 0 bridgehead atoms. The van der Waals surface area contributed by atoms with Crippen LogP contribution in [0.25, 0.3) is 22.4 Å². The average molecular weight is 655 g/mol. The van der Waals surface area contributed by atoms with Gasteiger partial charge in [0.25, 0.3) is 0 Å². The minimum atomic E-state index is -4.75. The summed E-state index contributed by atoms with van der Waals surface area (Å²) >= 11 is 0. The van der Waals surface area contributed by atoms with Crippen molar-refractivity contribution in [2.45, 2.75) is 24.7 Å². The van der Waals surface area contributed by atoms with Gasteiger partial charge in [0.15, 0.2) is 0 Å². The van der Waals surface area contributed by atoms with Gasteiger partial charge in [-0.25, -0.2) is 14.6 Å². The molecule has 12 nitrogen and oxygen atoms in total. The molecule has 246 valence electrons. The van der Waals surface area contributed by atoms with E-state index in [1.807, 2.05) is 6.07 Å². The molecule has 0 aliphatic carbocycles. The maximum atomic E-state index is 14.1. The van der Waals surface area contributed by atoms with Crippen LogP contribution >= 0.6 is 0 Å². The number of aromatic nitrogens is 2. The van der Waals surface area contributed by atoms with Crippen molar-refractivity contribution >= 4 is 23.9 Å². The normalized spacial score (nSPS) is 12.4. The lowest BCUT2D eigenvalue weighted by Gasteiger charge is -2.22. The molecule has 0 aliphatic heterocycles. The Labute approximate surface area is 265 Å². The fraction of sp³-hybridized carbons (Fsp3) is 0.156. The zero-order chi connectivity index (χ0) is 34.7. The summed E-state index contributed by atoms with van der Waals surface area (Å²) in [6.45, 7) is 0. The van der Waals surface area contributed by atoms with E-state index in [2.05, 4.69) is 9.97 Å². The maximum Gasteiger partial charge on any atom is 0.429 e. The van der Waals surface area contributed by atoms with E-state index in [-0.39, 0.29) is 29.5 Å². The van der Waals surface area contributed by atoms with E-state index in [0.717, 1.165) is 5.56 Å². The molecule has 1 unspecified atom stereocenters. The predicted octanol–water partition coefficient (Wildman–Crippen LogP) is 4.75. The summed E-state index contributed by atoms with van der Waals surface area (Å²) in [6.07, 6.45) is -5.83. The summed E-state index contributed by atoms with van der Waals surface area (Å²) in [4.78, 5) is 38.0. The molecule has 2 atom stereocenters. The lowest BCUT2D eigenvalue weighted by molar-refractivity contribution is -0.198. The van der Waals surface area contributed by atoms with Gasteiger partial charge in [0, 0.05) is 29.3 Å². The van der Waals surface area contributed by atoms with Crippen LogP contribution in [-0.4, -0.2) is 62.5 Å². The van der Waals surface area contributed by atoms with E-state index in [1.165, 1.54) is 25.3 Å². The highest BCUT2D eigenvalue weighted by molar-refractivity contribution is 5.89. The topological polar surface area (TPSA) is 208 Å². The number of nitrogen functional groups attached to an aromatic ring is 1. The van der Waals surface area contributed by atoms with Gasteiger partial charge in [-0.1, -0.05) is 60.7 Å². The van der Waals surface area contributed by atoms with Crippen LogP contribution in [0.1, 0.15) is 17.2 Å². The summed E-state index contributed by atoms with van der Waals surface area (Å²) in [5, 5.41) is 24.6. The number of rotatable bonds is 11. The minimum Gasteiger partial charge on any atom is -0.497 e. The van der Waals surface area contributed by atoms with Crippen molar-refractivity contribution in [2.75, 3.05) is 12.8 Å². The van der Waals surface area contributed by atoms with Crippen LogP contribution in [0.15, 0.2) is 91.0 Å². The number of aliphatic carboxylic acids is 3. The van der Waals surface area contributed by atoms with Gasteiger partial charge in [-0.3, -0.25) is 4.79 Å². The van der Waals surface area contributed by atoms with Crippen LogP contribution in [-0.2, 0) is 20.8 Å². The Kier molecular flexibility index (Phi) is 12.0. The molecule has 0 fully saturated rings. The van der Waals surface area contributed by atoms with Gasteiger partial charge in [-0.15, -0.1) is 0 Å². The molecular formula is C32H29F3N4O8. The van der Waals surface area contributed by atoms with Crippen LogP contribution in [0.3, 0.4) is 0 Å². The van der Waals surface area contributed by atoms with Crippen LogP contribution in [0.2, 0.25) is 0 Å². The number of nitrogens with two attached hydrogens (primary N) is 2. The largest absolute Gasteiger partial charge is 0.497 e. The standard InChI is InChI=1S/C28H25F3N4O4.C4H4O4/c1-38-21-4-2-3-20(14-21)17-9-11-19(12-10-17)25(28(29,30)31)39-24-15-23(34-27(33)35-24)18-7-5-16(6-8-18)13-22(32)26(36)37;5-3(6)1-2-4(7)8/h2-12,14-15,22,25H,13,32H2,1H3,(H,36,37)(H2,33,34,35);1-2H,(H,5,6)(H,7,8)/t22?,25-;/m1./s1. The smallest absolute Gasteiger partial charge is 0.429 e. The first-order chi connectivity index (χ1) is 22.2. The number of halogens is 3. The highest BCUT2D eigenvalue weighted by Crippen LogP contribution is 2.38. The minimum absolute atomic E-state index is 0.111. The molecule has 1 aromatic heterocycles. The van der Waals surface area contributed by atoms with Gasteiger partial charge in [0.2, 0.25) is 17.9 Å². The summed E-state index contributed by atoms with van der Waals surface area (Å²) < 4.78 is 52.8. The summed E-state index contributed by atoms with van der Waals surface area (Å²) in [7, 11) is 1.53. The molecule has 47 heavy (non-hydrogen) atoms. The number of ether oxygens (including phenoxy) is 2. The van der Waals surface area contributed by atoms with E-state index < -0.39 is 36.2 Å². The number of nitrogens with zero attached hydrogens (tertiary/aromatic N) is 2. The van der Waals surface area contributed by atoms with Crippen molar-refractivity contribution in [3.63, 3.8) is 0 Å². The number of hydrogen-bond donors (Lipinski definition) is 5. The molecule has 0 amide bonds. The van der Waals surface area contributed by atoms with Crippen molar-refractivity contribution in [1.29, 1.82) is 0 Å². The molecule has 0 aliphatic rings. The number of hydrogen-bond acceptors (Lipinski definition) is 9. The number of carboxylic acids is 3. The molecule has 0 saturated heterocycles. The molecule has 0 saturated carbocycles. The van der Waals surface area contributed by atoms with Crippen molar-refractivity contribution in [1.82, 2.24) is 9.97 Å². The Hall–Kier alpha value is -5.96. The van der Waals surface area contributed by atoms with Gasteiger partial charge in [0.1, 0.15) is 11.8 Å². The highest BCUT2D eigenvalue weighted by Gasteiger charge is 2.43. The van der Waals surface area contributed by atoms with Crippen molar-refractivity contribution in [3.05, 3.63) is 102 Å². The lowest BCUT2D eigenvalue weighted by Crippen LogP contribution is -2.32. The van der Waals surface area contributed by atoms with E-state index in [1.54, 1.807) is 54.6 Å². The lowest BCUT2D eigenvalue weighted by atomic mass is 10.0. The molecule has 4 rings (SSSR count). The van der Waals surface area contributed by atoms with Crippen LogP contribution in [0.5, 0.6) is 11.6 Å². The van der Waals surface area contributed by atoms with Crippen molar-refractivity contribution in [3.8, 4) is 34.0 Å². The molecule has 0 radical (unpaired) electrons. The molecule has 7 N–H and O–H groups in total. The van der Waals surface area contributed by atoms with Crippen molar-refractivity contribution < 1.29 is 52.3 Å². The van der Waals surface area contributed by atoms with E-state index >= 15 is 0 Å². The number of carboxylic acid groups (broad SMARTS) is 3. The molecule has 0 spiro atoms. The number of alkyl halides is 3. The second kappa shape index (κ2) is 15.9. The molecule has 1 heterocycles. The van der Waals surface area contributed by atoms with Gasteiger partial charge in [0.05, 0.1) is 12.8 Å². The zero-order valence-electron chi connectivity index (χ0n) is 24.6. The van der Waals surface area contributed by atoms with Crippen LogP contribution in [0, 0.1) is 0 Å². The SMILES string of the molecule is COc1cccc(-c2ccc([C@@H](Oc3cc(-c4ccc(CC(N)C(=O)O)cc4)nc(N)n3)C(F)(F)F)cc2)c1.O=C(O)C=CC(=O)O. The average Bonchev–Trinajstić information content (AvgIpc) is 3.02. The first-order valence-corrected chi connectivity index (χ1v) is 13.5. The Balaban J connectivity index is 0.000000665. The van der Waals surface area contributed by atoms with E-state index in [0.29, 0.717) is 34.6 Å². The molecule has 15 heteroatoms. The Bertz CT molecular complexity index is 1710. The third-order valence-electron chi connectivity index (χ3n) is 6.26. The van der Waals surface area contributed by atoms with Gasteiger partial charge >= 0.3 is 24.1 Å². The summed E-state index contributed by atoms with van der Waals surface area (Å²) in [6, 6.07) is 19.8. The van der Waals surface area contributed by atoms with E-state index in [4.69, 9.17) is 36.3 Å². The van der Waals surface area contributed by atoms with Crippen LogP contribution < -0.4 is 20.9 Å². The van der Waals surface area contributed by atoms with E-state index in [9.17, 15) is 27.6 Å². The predicted molar refractivity (Wildman–Crippen MR) is 163 cm³/mol. The monoisotopic (exact) mass is 654 g/mol. The fourth-order valence-electron chi connectivity index (χ4n) is 4.04. The number of methoxy groups -OCH3 is 1. The Morgan fingerprint density at radius 3 is 1.98 bits per heavy atom. The zero-order valence-corrected chi connectivity index (χ0v) is 24.6. The maximum absolute atomic E-state index is 14.1.